The summed E-state index contributed by atoms with van der Waals surface area (Å²) in [6, 6.07) is 9.44. The third kappa shape index (κ3) is 4.38. The van der Waals surface area contributed by atoms with Gasteiger partial charge in [-0.3, -0.25) is 19.6 Å². The first-order valence-electron chi connectivity index (χ1n) is 10.6. The van der Waals surface area contributed by atoms with Gasteiger partial charge in [-0.15, -0.1) is 0 Å². The number of nitrogens with two attached hydrogens (primary N) is 1. The van der Waals surface area contributed by atoms with Crippen LogP contribution in [-0.2, 0) is 13.5 Å². The number of nitrogens with zero attached hydrogens (tertiary/aromatic N) is 7. The molecule has 5 rings (SSSR count). The molecule has 4 aromatic heterocycles. The molecule has 0 bridgehead atoms. The molecule has 0 amide bonds. The summed E-state index contributed by atoms with van der Waals surface area (Å²) >= 11 is 6.55. The summed E-state index contributed by atoms with van der Waals surface area (Å²) in [4.78, 5) is 22.3. The Hall–Kier alpha value is -4.11. The normalized spacial score (nSPS) is 11.1. The van der Waals surface area contributed by atoms with Gasteiger partial charge in [-0.05, 0) is 31.2 Å². The van der Waals surface area contributed by atoms with Crippen LogP contribution in [0.25, 0.3) is 33.5 Å². The van der Waals surface area contributed by atoms with E-state index >= 15 is 0 Å². The summed E-state index contributed by atoms with van der Waals surface area (Å²) in [5.41, 5.74) is 11.1. The van der Waals surface area contributed by atoms with Crippen molar-refractivity contribution in [3.63, 3.8) is 0 Å². The molecule has 1 aromatic carbocycles. The second-order valence-electron chi connectivity index (χ2n) is 7.77. The van der Waals surface area contributed by atoms with E-state index in [0.717, 1.165) is 22.3 Å². The number of ether oxygens (including phenoxy) is 1. The van der Waals surface area contributed by atoms with Crippen LogP contribution < -0.4 is 10.5 Å². The maximum Gasteiger partial charge on any atom is 0.257 e. The van der Waals surface area contributed by atoms with Gasteiger partial charge in [0, 0.05) is 49.2 Å². The lowest BCUT2D eigenvalue weighted by Crippen LogP contribution is -2.09. The van der Waals surface area contributed by atoms with Gasteiger partial charge in [0.1, 0.15) is 17.1 Å². The minimum absolute atomic E-state index is 0.174. The van der Waals surface area contributed by atoms with Gasteiger partial charge in [-0.25, -0.2) is 9.97 Å². The van der Waals surface area contributed by atoms with Crippen LogP contribution in [0.1, 0.15) is 11.4 Å². The van der Waals surface area contributed by atoms with Gasteiger partial charge in [-0.2, -0.15) is 5.10 Å². The molecule has 0 atom stereocenters. The lowest BCUT2D eigenvalue weighted by molar-refractivity contribution is 0.309. The number of hydrogen-bond acceptors (Lipinski definition) is 8. The van der Waals surface area contributed by atoms with E-state index in [1.54, 1.807) is 23.3 Å². The Labute approximate surface area is 200 Å². The van der Waals surface area contributed by atoms with Crippen molar-refractivity contribution in [2.24, 2.45) is 7.05 Å². The fraction of sp³-hybridized carbons (Fsp3) is 0.167. The number of nitrogen functional groups attached to an aromatic ring is 1. The zero-order valence-corrected chi connectivity index (χ0v) is 19.4. The van der Waals surface area contributed by atoms with E-state index in [-0.39, 0.29) is 11.7 Å². The van der Waals surface area contributed by atoms with E-state index < -0.39 is 0 Å². The third-order valence-corrected chi connectivity index (χ3v) is 5.47. The highest BCUT2D eigenvalue weighted by Gasteiger charge is 2.19. The average molecular weight is 473 g/mol. The van der Waals surface area contributed by atoms with Crippen molar-refractivity contribution in [2.75, 3.05) is 12.3 Å². The van der Waals surface area contributed by atoms with Crippen molar-refractivity contribution in [1.82, 2.24) is 34.7 Å². The molecule has 34 heavy (non-hydrogen) atoms. The average Bonchev–Trinajstić information content (AvgIpc) is 3.26. The molecule has 4 heterocycles. The van der Waals surface area contributed by atoms with Crippen molar-refractivity contribution in [3.05, 3.63) is 71.5 Å². The number of pyridine rings is 1. The highest BCUT2D eigenvalue weighted by molar-refractivity contribution is 6.35. The van der Waals surface area contributed by atoms with Crippen molar-refractivity contribution in [1.29, 1.82) is 0 Å². The Morgan fingerprint density at radius 1 is 1.09 bits per heavy atom. The molecule has 0 spiro atoms. The van der Waals surface area contributed by atoms with Gasteiger partial charge in [0.25, 0.3) is 5.88 Å². The molecule has 10 heteroatoms. The molecule has 0 fully saturated rings. The third-order valence-electron chi connectivity index (χ3n) is 5.18. The molecule has 9 nitrogen and oxygen atoms in total. The van der Waals surface area contributed by atoms with Crippen molar-refractivity contribution in [2.45, 2.75) is 13.3 Å². The van der Waals surface area contributed by atoms with Gasteiger partial charge in [0.15, 0.2) is 5.82 Å². The summed E-state index contributed by atoms with van der Waals surface area (Å²) in [5, 5.41) is 5.89. The fourth-order valence-corrected chi connectivity index (χ4v) is 3.91. The molecule has 0 unspecified atom stereocenters. The monoisotopic (exact) mass is 472 g/mol. The van der Waals surface area contributed by atoms with E-state index in [1.165, 1.54) is 0 Å². The topological polar surface area (TPSA) is 118 Å². The second kappa shape index (κ2) is 9.03. The number of aryl methyl sites for hydroxylation is 2. The van der Waals surface area contributed by atoms with Crippen molar-refractivity contribution < 1.29 is 4.74 Å². The van der Waals surface area contributed by atoms with E-state index in [0.29, 0.717) is 40.6 Å². The van der Waals surface area contributed by atoms with Crippen LogP contribution in [0.4, 0.5) is 5.82 Å². The molecule has 2 N–H and O–H groups in total. The summed E-state index contributed by atoms with van der Waals surface area (Å²) in [6.45, 7) is 2.22. The van der Waals surface area contributed by atoms with Gasteiger partial charge >= 0.3 is 0 Å². The van der Waals surface area contributed by atoms with Crippen LogP contribution in [0.2, 0.25) is 5.02 Å². The molecule has 5 aromatic rings. The zero-order valence-electron chi connectivity index (χ0n) is 18.6. The van der Waals surface area contributed by atoms with Crippen LogP contribution in [0.5, 0.6) is 5.88 Å². The predicted molar refractivity (Wildman–Crippen MR) is 130 cm³/mol. The van der Waals surface area contributed by atoms with Crippen LogP contribution in [0, 0.1) is 6.92 Å². The second-order valence-corrected chi connectivity index (χ2v) is 8.18. The number of fused-ring (bicyclic) bond motifs is 1. The van der Waals surface area contributed by atoms with Crippen LogP contribution >= 0.6 is 11.6 Å². The highest BCUT2D eigenvalue weighted by atomic mass is 35.5. The number of aromatic nitrogens is 7. The molecule has 0 radical (unpaired) electrons. The van der Waals surface area contributed by atoms with E-state index in [4.69, 9.17) is 27.1 Å². The maximum absolute atomic E-state index is 6.55. The number of benzene rings is 1. The Morgan fingerprint density at radius 2 is 1.97 bits per heavy atom. The van der Waals surface area contributed by atoms with Crippen LogP contribution in [0.15, 0.2) is 55.1 Å². The van der Waals surface area contributed by atoms with Gasteiger partial charge in [-0.1, -0.05) is 17.7 Å². The number of halogens is 1. The number of anilines is 1. The number of hydrogen-bond donors (Lipinski definition) is 1. The molecule has 0 saturated heterocycles. The highest BCUT2D eigenvalue weighted by Crippen LogP contribution is 2.35. The smallest absolute Gasteiger partial charge is 0.257 e. The minimum Gasteiger partial charge on any atom is -0.475 e. The maximum atomic E-state index is 6.55. The van der Waals surface area contributed by atoms with Gasteiger partial charge in [0.2, 0.25) is 0 Å². The lowest BCUT2D eigenvalue weighted by Gasteiger charge is -2.13. The molecule has 0 aliphatic rings. The zero-order chi connectivity index (χ0) is 23.7. The standard InChI is InChI=1S/C24H21ClN8O/c1-14-12-27-13-17(29-14)6-9-34-24-23(26)30-22(19-5-8-33(2)32-19)21(31-24)16-10-15-4-3-7-28-20(15)18(25)11-16/h3-5,7-8,10-13H,6,9H2,1-2H3,(H2,26,30). The molecule has 0 aliphatic carbocycles. The van der Waals surface area contributed by atoms with Crippen LogP contribution in [-0.4, -0.2) is 41.3 Å². The summed E-state index contributed by atoms with van der Waals surface area (Å²) in [7, 11) is 1.84. The quantitative estimate of drug-likeness (QED) is 0.393. The van der Waals surface area contributed by atoms with E-state index in [1.807, 2.05) is 50.5 Å². The molecule has 0 saturated carbocycles. The first kappa shape index (κ1) is 21.7. The fourth-order valence-electron chi connectivity index (χ4n) is 3.63. The summed E-state index contributed by atoms with van der Waals surface area (Å²) in [6.07, 6.45) is 7.52. The first-order chi connectivity index (χ1) is 16.5. The molecular formula is C24H21ClN8O. The lowest BCUT2D eigenvalue weighted by atomic mass is 10.0. The predicted octanol–water partition coefficient (Wildman–Crippen LogP) is 4.05. The van der Waals surface area contributed by atoms with Gasteiger partial charge < -0.3 is 10.5 Å². The summed E-state index contributed by atoms with van der Waals surface area (Å²) < 4.78 is 7.62. The Balaban J connectivity index is 1.55. The molecule has 0 aliphatic heterocycles. The molecular weight excluding hydrogens is 452 g/mol. The van der Waals surface area contributed by atoms with E-state index in [9.17, 15) is 0 Å². The van der Waals surface area contributed by atoms with E-state index in [2.05, 4.69) is 25.0 Å². The first-order valence-corrected chi connectivity index (χ1v) is 11.0. The van der Waals surface area contributed by atoms with Crippen molar-refractivity contribution >= 4 is 28.3 Å². The Morgan fingerprint density at radius 3 is 2.76 bits per heavy atom. The summed E-state index contributed by atoms with van der Waals surface area (Å²) in [5.74, 6) is 0.408. The Bertz CT molecular complexity index is 1500. The Kier molecular flexibility index (Phi) is 5.77. The number of rotatable bonds is 6. The largest absolute Gasteiger partial charge is 0.475 e. The van der Waals surface area contributed by atoms with Crippen molar-refractivity contribution in [3.8, 4) is 28.5 Å². The SMILES string of the molecule is Cc1cncc(CCOc2nc(-c3cc(Cl)c4ncccc4c3)c(-c3ccn(C)n3)nc2N)n1. The molecule has 170 valence electrons. The minimum atomic E-state index is 0.174. The van der Waals surface area contributed by atoms with Gasteiger partial charge in [0.05, 0.1) is 28.5 Å². The van der Waals surface area contributed by atoms with Crippen LogP contribution in [0.3, 0.4) is 0 Å².